The van der Waals surface area contributed by atoms with Gasteiger partial charge < -0.3 is 39.5 Å². The van der Waals surface area contributed by atoms with E-state index in [0.717, 1.165) is 6.20 Å². The van der Waals surface area contributed by atoms with Crippen molar-refractivity contribution in [1.82, 2.24) is 9.97 Å². The Hall–Kier alpha value is -1.27. The van der Waals surface area contributed by atoms with Gasteiger partial charge in [-0.15, -0.1) is 0 Å². The standard InChI is InChI=1S/C12H17N2O14P3/c1-2-3-6-9(13-4-8(15)14-6)12-11(17)10(16)7(26-12)5-25-30(21,22)28-31(23,24)27-29(18,19)20/h4,7,10-12,16-17H,5H2,1H3,(H,14,15)(H,21,22)(H,23,24)(H2,18,19,20)/t7-,10?,11+,12+/m1/s1. The second-order valence-corrected chi connectivity index (χ2v) is 10.3. The van der Waals surface area contributed by atoms with E-state index in [9.17, 15) is 33.6 Å². The van der Waals surface area contributed by atoms with E-state index in [0.29, 0.717) is 0 Å². The van der Waals surface area contributed by atoms with Crippen LogP contribution in [-0.2, 0) is 31.6 Å². The van der Waals surface area contributed by atoms with Gasteiger partial charge in [-0.25, -0.2) is 18.7 Å². The average Bonchev–Trinajstić information content (AvgIpc) is 2.86. The molecule has 0 radical (unpaired) electrons. The number of H-pyrrole nitrogens is 1. The molecule has 0 aromatic carbocycles. The first kappa shape index (κ1) is 26.0. The molecule has 0 spiro atoms. The zero-order valence-electron chi connectivity index (χ0n) is 15.3. The van der Waals surface area contributed by atoms with Gasteiger partial charge in [-0.3, -0.25) is 9.32 Å². The molecular weight excluding hydrogens is 489 g/mol. The van der Waals surface area contributed by atoms with Gasteiger partial charge in [0.2, 0.25) is 0 Å². The van der Waals surface area contributed by atoms with Crippen LogP contribution in [0.1, 0.15) is 24.4 Å². The van der Waals surface area contributed by atoms with Gasteiger partial charge in [0.05, 0.1) is 12.8 Å². The van der Waals surface area contributed by atoms with Crippen LogP contribution in [-0.4, -0.2) is 64.7 Å². The Balaban J connectivity index is 2.12. The molecule has 174 valence electrons. The predicted octanol–water partition coefficient (Wildman–Crippen LogP) is -1.35. The predicted molar refractivity (Wildman–Crippen MR) is 96.9 cm³/mol. The largest absolute Gasteiger partial charge is 0.490 e. The third kappa shape index (κ3) is 7.38. The monoisotopic (exact) mass is 506 g/mol. The van der Waals surface area contributed by atoms with E-state index >= 15 is 0 Å². The molecule has 1 aliphatic rings. The highest BCUT2D eigenvalue weighted by molar-refractivity contribution is 7.66. The van der Waals surface area contributed by atoms with Crippen molar-refractivity contribution in [3.63, 3.8) is 0 Å². The molecule has 1 aromatic rings. The third-order valence-corrected chi connectivity index (χ3v) is 7.33. The van der Waals surface area contributed by atoms with Gasteiger partial charge in [-0.1, -0.05) is 5.92 Å². The first-order chi connectivity index (χ1) is 14.1. The quantitative estimate of drug-likeness (QED) is 0.159. The summed E-state index contributed by atoms with van der Waals surface area (Å²) in [5.41, 5.74) is -0.667. The van der Waals surface area contributed by atoms with Crippen molar-refractivity contribution in [2.24, 2.45) is 0 Å². The van der Waals surface area contributed by atoms with Gasteiger partial charge in [0.1, 0.15) is 35.8 Å². The first-order valence-electron chi connectivity index (χ1n) is 7.96. The van der Waals surface area contributed by atoms with Crippen molar-refractivity contribution >= 4 is 23.5 Å². The first-order valence-corrected chi connectivity index (χ1v) is 12.5. The molecule has 19 heteroatoms. The van der Waals surface area contributed by atoms with Crippen molar-refractivity contribution in [3.05, 3.63) is 27.9 Å². The smallest absolute Gasteiger partial charge is 0.387 e. The van der Waals surface area contributed by atoms with Crippen LogP contribution in [0.2, 0.25) is 0 Å². The molecule has 0 amide bonds. The summed E-state index contributed by atoms with van der Waals surface area (Å²) >= 11 is 0. The van der Waals surface area contributed by atoms with Crippen LogP contribution in [0.25, 0.3) is 0 Å². The summed E-state index contributed by atoms with van der Waals surface area (Å²) in [5.74, 6) is 5.04. The number of nitrogens with zero attached hydrogens (tertiary/aromatic N) is 1. The average molecular weight is 506 g/mol. The molecule has 7 N–H and O–H groups in total. The molecule has 6 atom stereocenters. The van der Waals surface area contributed by atoms with Gasteiger partial charge in [-0.2, -0.15) is 8.62 Å². The number of phosphoric ester groups is 1. The molecule has 1 aromatic heterocycles. The summed E-state index contributed by atoms with van der Waals surface area (Å²) in [4.78, 5) is 53.1. The molecule has 3 unspecified atom stereocenters. The molecule has 2 heterocycles. The van der Waals surface area contributed by atoms with Crippen molar-refractivity contribution in [1.29, 1.82) is 0 Å². The fourth-order valence-corrected chi connectivity index (χ4v) is 5.46. The topological polar surface area (TPSA) is 255 Å². The Bertz CT molecular complexity index is 1070. The highest BCUT2D eigenvalue weighted by Crippen LogP contribution is 2.66. The van der Waals surface area contributed by atoms with Crippen molar-refractivity contribution in [2.75, 3.05) is 6.61 Å². The van der Waals surface area contributed by atoms with E-state index in [1.807, 2.05) is 0 Å². The van der Waals surface area contributed by atoms with E-state index in [-0.39, 0.29) is 11.4 Å². The van der Waals surface area contributed by atoms with Gasteiger partial charge >= 0.3 is 23.5 Å². The van der Waals surface area contributed by atoms with E-state index in [1.54, 1.807) is 0 Å². The maximum absolute atomic E-state index is 11.8. The molecule has 1 fully saturated rings. The lowest BCUT2D eigenvalue weighted by Crippen LogP contribution is -2.33. The number of hydrogen-bond donors (Lipinski definition) is 7. The van der Waals surface area contributed by atoms with Crippen LogP contribution < -0.4 is 5.56 Å². The molecule has 2 rings (SSSR count). The summed E-state index contributed by atoms with van der Waals surface area (Å²) in [5, 5.41) is 20.3. The summed E-state index contributed by atoms with van der Waals surface area (Å²) in [7, 11) is -16.7. The molecule has 16 nitrogen and oxygen atoms in total. The molecule has 0 aliphatic carbocycles. The number of aromatic nitrogens is 2. The molecule has 0 saturated carbocycles. The van der Waals surface area contributed by atoms with Crippen molar-refractivity contribution < 1.29 is 61.4 Å². The molecule has 1 saturated heterocycles. The van der Waals surface area contributed by atoms with Crippen LogP contribution in [0, 0.1) is 11.8 Å². The summed E-state index contributed by atoms with van der Waals surface area (Å²) < 4.78 is 50.5. The summed E-state index contributed by atoms with van der Waals surface area (Å²) in [6.45, 7) is 0.470. The lowest BCUT2D eigenvalue weighted by atomic mass is 10.0. The number of aromatic amines is 1. The summed E-state index contributed by atoms with van der Waals surface area (Å²) in [6, 6.07) is 0. The van der Waals surface area contributed by atoms with Gasteiger partial charge in [-0.05, 0) is 12.8 Å². The van der Waals surface area contributed by atoms with Crippen molar-refractivity contribution in [2.45, 2.75) is 31.3 Å². The van der Waals surface area contributed by atoms with E-state index < -0.39 is 60.1 Å². The number of rotatable bonds is 8. The second-order valence-electron chi connectivity index (χ2n) is 5.85. The van der Waals surface area contributed by atoms with Crippen LogP contribution in [0.15, 0.2) is 11.0 Å². The lowest BCUT2D eigenvalue weighted by Gasteiger charge is -2.19. The second kappa shape index (κ2) is 9.70. The molecule has 0 bridgehead atoms. The Morgan fingerprint density at radius 2 is 1.77 bits per heavy atom. The highest BCUT2D eigenvalue weighted by Gasteiger charge is 2.47. The highest BCUT2D eigenvalue weighted by atomic mass is 31.3. The van der Waals surface area contributed by atoms with Crippen LogP contribution in [0.4, 0.5) is 0 Å². The number of aliphatic hydroxyl groups is 2. The van der Waals surface area contributed by atoms with Gasteiger partial charge in [0, 0.05) is 0 Å². The minimum absolute atomic E-state index is 0.0141. The van der Waals surface area contributed by atoms with Crippen molar-refractivity contribution in [3.8, 4) is 11.8 Å². The fourth-order valence-electron chi connectivity index (χ4n) is 2.43. The maximum Gasteiger partial charge on any atom is 0.490 e. The Labute approximate surface area is 173 Å². The summed E-state index contributed by atoms with van der Waals surface area (Å²) in [6.07, 6.45) is -5.34. The number of phosphoric acid groups is 3. The molecular formula is C12H17N2O14P3. The zero-order chi connectivity index (χ0) is 23.6. The minimum atomic E-state index is -5.72. The van der Waals surface area contributed by atoms with E-state index in [1.165, 1.54) is 6.92 Å². The SMILES string of the molecule is CC#Cc1[nH]c(=O)cnc1[C@@H]1O[C@H](COP(=O)(O)OP(=O)(O)OP(=O)(O)O)C(O)[C@@H]1O. The number of hydrogen-bond acceptors (Lipinski definition) is 11. The zero-order valence-corrected chi connectivity index (χ0v) is 18.0. The normalized spacial score (nSPS) is 27.7. The number of ether oxygens (including phenoxy) is 1. The van der Waals surface area contributed by atoms with Gasteiger partial charge in [0.15, 0.2) is 0 Å². The van der Waals surface area contributed by atoms with E-state index in [4.69, 9.17) is 19.4 Å². The molecule has 1 aliphatic heterocycles. The van der Waals surface area contributed by atoms with E-state index in [2.05, 4.69) is 35.0 Å². The maximum atomic E-state index is 11.8. The van der Waals surface area contributed by atoms with Crippen LogP contribution >= 0.6 is 23.5 Å². The fraction of sp³-hybridized carbons (Fsp3) is 0.500. The lowest BCUT2D eigenvalue weighted by molar-refractivity contribution is -0.0236. The molecule has 31 heavy (non-hydrogen) atoms. The van der Waals surface area contributed by atoms with Gasteiger partial charge in [0.25, 0.3) is 5.56 Å². The Morgan fingerprint density at radius 1 is 1.13 bits per heavy atom. The number of aliphatic hydroxyl groups excluding tert-OH is 2. The Morgan fingerprint density at radius 3 is 2.35 bits per heavy atom. The number of nitrogens with one attached hydrogen (secondary N) is 1. The van der Waals surface area contributed by atoms with Crippen LogP contribution in [0.5, 0.6) is 0 Å². The minimum Gasteiger partial charge on any atom is -0.387 e. The van der Waals surface area contributed by atoms with Crippen LogP contribution in [0.3, 0.4) is 0 Å². The third-order valence-electron chi connectivity index (χ3n) is 3.52. The Kier molecular flexibility index (Phi) is 8.13.